The molecule has 240 valence electrons. The maximum Gasteiger partial charge on any atom is 0.0594 e. The lowest BCUT2D eigenvalue weighted by atomic mass is 10.3. The second-order valence-corrected chi connectivity index (χ2v) is 12.3. The zero-order valence-electron chi connectivity index (χ0n) is 30.0. The molecule has 0 amide bonds. The largest absolute Gasteiger partial charge is 0.379 e. The van der Waals surface area contributed by atoms with E-state index in [0.29, 0.717) is 24.2 Å². The highest BCUT2D eigenvalue weighted by Gasteiger charge is 2.13. The van der Waals surface area contributed by atoms with Gasteiger partial charge in [-0.25, -0.2) is 0 Å². The van der Waals surface area contributed by atoms with E-state index in [2.05, 4.69) is 136 Å². The zero-order valence-corrected chi connectivity index (χ0v) is 30.0. The van der Waals surface area contributed by atoms with Gasteiger partial charge in [-0.2, -0.15) is 0 Å². The van der Waals surface area contributed by atoms with Crippen molar-refractivity contribution in [2.24, 2.45) is 0 Å². The molecule has 0 aromatic carbocycles. The Morgan fingerprint density at radius 3 is 0.923 bits per heavy atom. The van der Waals surface area contributed by atoms with Gasteiger partial charge in [0.15, 0.2) is 0 Å². The van der Waals surface area contributed by atoms with E-state index < -0.39 is 0 Å². The molecule has 0 bridgehead atoms. The van der Waals surface area contributed by atoms with Gasteiger partial charge in [0.1, 0.15) is 0 Å². The Balaban J connectivity index is -0.000000418. The van der Waals surface area contributed by atoms with E-state index in [0.717, 1.165) is 32.3 Å². The van der Waals surface area contributed by atoms with Gasteiger partial charge in [0.2, 0.25) is 0 Å². The van der Waals surface area contributed by atoms with Crippen molar-refractivity contribution in [3.8, 4) is 0 Å². The van der Waals surface area contributed by atoms with E-state index in [4.69, 9.17) is 4.74 Å². The van der Waals surface area contributed by atoms with Crippen molar-refractivity contribution in [3.05, 3.63) is 0 Å². The fourth-order valence-corrected chi connectivity index (χ4v) is 4.26. The van der Waals surface area contributed by atoms with Crippen LogP contribution in [0.3, 0.4) is 0 Å². The summed E-state index contributed by atoms with van der Waals surface area (Å²) >= 11 is 0. The predicted octanol–water partition coefficient (Wildman–Crippen LogP) is 6.65. The highest BCUT2D eigenvalue weighted by molar-refractivity contribution is 4.68. The Kier molecular flexibility index (Phi) is 30.9. The third kappa shape index (κ3) is 26.4. The van der Waals surface area contributed by atoms with E-state index in [1.165, 1.54) is 52.1 Å². The van der Waals surface area contributed by atoms with Crippen LogP contribution in [0.2, 0.25) is 0 Å². The lowest BCUT2D eigenvalue weighted by molar-refractivity contribution is 0.0238. The zero-order chi connectivity index (χ0) is 31.0. The first-order chi connectivity index (χ1) is 18.2. The molecule has 0 unspecified atom stereocenters. The molecule has 2 aliphatic heterocycles. The molecular formula is C33H77N5O. The summed E-state index contributed by atoms with van der Waals surface area (Å²) in [6.45, 7) is 42.4. The second kappa shape index (κ2) is 27.9. The van der Waals surface area contributed by atoms with Gasteiger partial charge in [0.05, 0.1) is 13.2 Å². The molecule has 2 heterocycles. The first-order valence-corrected chi connectivity index (χ1v) is 16.4. The third-order valence-corrected chi connectivity index (χ3v) is 7.77. The molecule has 0 atom stereocenters. The Morgan fingerprint density at radius 1 is 0.513 bits per heavy atom. The summed E-state index contributed by atoms with van der Waals surface area (Å²) in [5.74, 6) is 0. The monoisotopic (exact) mass is 560 g/mol. The first kappa shape index (κ1) is 43.2. The molecule has 0 aromatic heterocycles. The summed E-state index contributed by atoms with van der Waals surface area (Å²) in [6, 6.07) is 3.58. The van der Waals surface area contributed by atoms with Crippen LogP contribution in [0.4, 0.5) is 0 Å². The van der Waals surface area contributed by atoms with Crippen molar-refractivity contribution in [3.63, 3.8) is 0 Å². The SMILES string of the molecule is CC(C)N(C)C.CC(C)N1CCCC1.CC(C)N1CCOCC1.CCN(CC)C(C)C.CCN(CC)C(C)C. The summed E-state index contributed by atoms with van der Waals surface area (Å²) in [4.78, 5) is 12.0. The third-order valence-electron chi connectivity index (χ3n) is 7.77. The number of likely N-dealkylation sites (tertiary alicyclic amines) is 1. The quantitative estimate of drug-likeness (QED) is 0.314. The highest BCUT2D eigenvalue weighted by Crippen LogP contribution is 2.10. The highest BCUT2D eigenvalue weighted by atomic mass is 16.5. The van der Waals surface area contributed by atoms with Gasteiger partial charge in [-0.3, -0.25) is 4.90 Å². The molecule has 2 fully saturated rings. The van der Waals surface area contributed by atoms with Crippen molar-refractivity contribution in [1.82, 2.24) is 24.5 Å². The maximum absolute atomic E-state index is 5.21. The lowest BCUT2D eigenvalue weighted by Gasteiger charge is -2.29. The van der Waals surface area contributed by atoms with Gasteiger partial charge in [0.25, 0.3) is 0 Å². The molecule has 0 radical (unpaired) electrons. The molecule has 0 spiro atoms. The topological polar surface area (TPSA) is 25.4 Å². The smallest absolute Gasteiger partial charge is 0.0594 e. The van der Waals surface area contributed by atoms with E-state index in [1.807, 2.05) is 0 Å². The Hall–Kier alpha value is -0.240. The maximum atomic E-state index is 5.21. The van der Waals surface area contributed by atoms with Crippen molar-refractivity contribution < 1.29 is 4.74 Å². The molecule has 6 heteroatoms. The molecular weight excluding hydrogens is 482 g/mol. The van der Waals surface area contributed by atoms with Crippen LogP contribution in [0.5, 0.6) is 0 Å². The van der Waals surface area contributed by atoms with E-state index >= 15 is 0 Å². The van der Waals surface area contributed by atoms with Gasteiger partial charge in [-0.1, -0.05) is 27.7 Å². The molecule has 2 aliphatic rings. The molecule has 0 aromatic rings. The fourth-order valence-electron chi connectivity index (χ4n) is 4.26. The van der Waals surface area contributed by atoms with Gasteiger partial charge in [0, 0.05) is 43.3 Å². The minimum Gasteiger partial charge on any atom is -0.379 e. The van der Waals surface area contributed by atoms with Crippen molar-refractivity contribution in [2.75, 3.05) is 79.7 Å². The van der Waals surface area contributed by atoms with Crippen LogP contribution in [-0.4, -0.2) is 134 Å². The molecule has 2 rings (SSSR count). The second-order valence-electron chi connectivity index (χ2n) is 12.3. The normalized spacial score (nSPS) is 16.3. The summed E-state index contributed by atoms with van der Waals surface area (Å²) < 4.78 is 5.21. The average molecular weight is 560 g/mol. The minimum absolute atomic E-state index is 0.685. The van der Waals surface area contributed by atoms with Crippen molar-refractivity contribution >= 4 is 0 Å². The number of hydrogen-bond acceptors (Lipinski definition) is 6. The van der Waals surface area contributed by atoms with Crippen LogP contribution in [0.1, 0.15) is 110 Å². The molecule has 0 saturated carbocycles. The van der Waals surface area contributed by atoms with Gasteiger partial charge < -0.3 is 24.3 Å². The molecule has 0 N–H and O–H groups in total. The Labute approximate surface area is 248 Å². The summed E-state index contributed by atoms with van der Waals surface area (Å²) in [5.41, 5.74) is 0. The van der Waals surface area contributed by atoms with Crippen molar-refractivity contribution in [1.29, 1.82) is 0 Å². The molecule has 0 aliphatic carbocycles. The fraction of sp³-hybridized carbons (Fsp3) is 1.00. The summed E-state index contributed by atoms with van der Waals surface area (Å²) in [6.07, 6.45) is 2.83. The molecule has 39 heavy (non-hydrogen) atoms. The van der Waals surface area contributed by atoms with Crippen LogP contribution in [0.15, 0.2) is 0 Å². The van der Waals surface area contributed by atoms with Crippen molar-refractivity contribution in [2.45, 2.75) is 140 Å². The standard InChI is InChI=1S/C7H15NO.C7H15N.2C7H17N.C5H13N/c1-7(2)8-3-5-9-6-4-8;1-7(2)8-5-3-4-6-8;2*1-5-8(6-2)7(3)4;1-5(2)6(3)4/h7H,3-6H2,1-2H3;7H,3-6H2,1-2H3;2*7H,5-6H2,1-4H3;5H,1-4H3. The van der Waals surface area contributed by atoms with Gasteiger partial charge in [-0.15, -0.1) is 0 Å². The van der Waals surface area contributed by atoms with Crippen LogP contribution >= 0.6 is 0 Å². The van der Waals surface area contributed by atoms with Gasteiger partial charge >= 0.3 is 0 Å². The van der Waals surface area contributed by atoms with Crippen LogP contribution in [0, 0.1) is 0 Å². The summed E-state index contributed by atoms with van der Waals surface area (Å²) in [7, 11) is 4.15. The van der Waals surface area contributed by atoms with E-state index in [9.17, 15) is 0 Å². The Bertz CT molecular complexity index is 432. The number of nitrogens with zero attached hydrogens (tertiary/aromatic N) is 5. The van der Waals surface area contributed by atoms with Gasteiger partial charge in [-0.05, 0) is 135 Å². The van der Waals surface area contributed by atoms with E-state index in [-0.39, 0.29) is 0 Å². The number of rotatable bonds is 9. The first-order valence-electron chi connectivity index (χ1n) is 16.4. The summed E-state index contributed by atoms with van der Waals surface area (Å²) in [5, 5.41) is 0. The predicted molar refractivity (Wildman–Crippen MR) is 178 cm³/mol. The van der Waals surface area contributed by atoms with Crippen LogP contribution in [0.25, 0.3) is 0 Å². The van der Waals surface area contributed by atoms with Crippen LogP contribution < -0.4 is 0 Å². The number of morpholine rings is 1. The van der Waals surface area contributed by atoms with E-state index in [1.54, 1.807) is 0 Å². The van der Waals surface area contributed by atoms with Crippen LogP contribution in [-0.2, 0) is 4.74 Å². The number of hydrogen-bond donors (Lipinski definition) is 0. The Morgan fingerprint density at radius 2 is 0.795 bits per heavy atom. The number of ether oxygens (including phenoxy) is 1. The average Bonchev–Trinajstić information content (AvgIpc) is 3.43. The molecule has 2 saturated heterocycles. The molecule has 6 nitrogen and oxygen atoms in total. The minimum atomic E-state index is 0.685. The lowest BCUT2D eigenvalue weighted by Crippen LogP contribution is -2.40.